The van der Waals surface area contributed by atoms with Gasteiger partial charge in [-0.2, -0.15) is 0 Å². The number of nitrogens with zero attached hydrogens (tertiary/aromatic N) is 1. The van der Waals surface area contributed by atoms with Gasteiger partial charge in [-0.05, 0) is 18.9 Å². The fourth-order valence-corrected chi connectivity index (χ4v) is 1.46. The summed E-state index contributed by atoms with van der Waals surface area (Å²) in [4.78, 5) is 0. The summed E-state index contributed by atoms with van der Waals surface area (Å²) in [6, 6.07) is 5.87. The second-order valence-corrected chi connectivity index (χ2v) is 4.72. The van der Waals surface area contributed by atoms with Crippen LogP contribution >= 0.6 is 0 Å². The lowest BCUT2D eigenvalue weighted by Gasteiger charge is -2.13. The summed E-state index contributed by atoms with van der Waals surface area (Å²) in [6.45, 7) is 8.42. The number of hydrogen-bond acceptors (Lipinski definition) is 2. The van der Waals surface area contributed by atoms with Crippen molar-refractivity contribution >= 4 is 16.8 Å². The lowest BCUT2D eigenvalue weighted by Crippen LogP contribution is -2.05. The van der Waals surface area contributed by atoms with E-state index >= 15 is 0 Å². The van der Waals surface area contributed by atoms with Crippen LogP contribution in [0.1, 0.15) is 34.7 Å². The number of rotatable bonds is 1. The monoisotopic (exact) mass is 236 g/mol. The molecular weight excluding hydrogens is 212 g/mol. The van der Waals surface area contributed by atoms with Gasteiger partial charge in [-0.1, -0.05) is 39.0 Å². The van der Waals surface area contributed by atoms with Gasteiger partial charge in [-0.3, -0.25) is 0 Å². The maximum atomic E-state index is 5.84. The van der Waals surface area contributed by atoms with Crippen molar-refractivity contribution in [2.75, 3.05) is 0 Å². The minimum absolute atomic E-state index is 0. The smallest absolute Gasteiger partial charge is 0.182 e. The van der Waals surface area contributed by atoms with E-state index in [0.29, 0.717) is 0 Å². The van der Waals surface area contributed by atoms with Crippen LogP contribution in [0.3, 0.4) is 0 Å². The molecule has 0 radical (unpaired) electrons. The van der Waals surface area contributed by atoms with Crippen molar-refractivity contribution in [1.82, 2.24) is 4.74 Å². The van der Waals surface area contributed by atoms with E-state index in [2.05, 4.69) is 20.8 Å². The molecule has 0 fully saturated rings. The Hall–Kier alpha value is -1.64. The van der Waals surface area contributed by atoms with E-state index in [1.165, 1.54) is 0 Å². The molecular formula is C14H24N2O. The minimum atomic E-state index is 0. The summed E-state index contributed by atoms with van der Waals surface area (Å²) in [7, 11) is 1.87. The minimum Gasteiger partial charge on any atom is -0.398 e. The zero-order valence-electron chi connectivity index (χ0n) is 11.3. The van der Waals surface area contributed by atoms with Crippen molar-refractivity contribution in [3.05, 3.63) is 29.8 Å². The van der Waals surface area contributed by atoms with Crippen molar-refractivity contribution in [3.63, 3.8) is 0 Å². The van der Waals surface area contributed by atoms with Gasteiger partial charge in [0.05, 0.1) is 0 Å². The van der Waals surface area contributed by atoms with Gasteiger partial charge in [0.15, 0.2) is 5.58 Å². The number of allylic oxidation sites excluding steroid dienone is 1. The van der Waals surface area contributed by atoms with Gasteiger partial charge in [0, 0.05) is 19.7 Å². The molecule has 96 valence electrons. The number of para-hydroxylation sites is 1. The second-order valence-electron chi connectivity index (χ2n) is 4.72. The standard InChI is InChI=1S/C10H12N2O.C4H10.H2/c1-3-8(11)7-5-4-6-9-10(7)12(2)13-9;1-4(2)3;/h3-6H,11H2,1-2H3;4H,1-3H3;1H/b8-3-;;. The molecule has 1 aromatic heterocycles. The van der Waals surface area contributed by atoms with Crippen LogP contribution in [0, 0.1) is 5.92 Å². The van der Waals surface area contributed by atoms with Gasteiger partial charge < -0.3 is 10.3 Å². The third-order valence-corrected chi connectivity index (χ3v) is 2.17. The third kappa shape index (κ3) is 3.16. The predicted octanol–water partition coefficient (Wildman–Crippen LogP) is 4.00. The van der Waals surface area contributed by atoms with E-state index in [1.54, 1.807) is 4.74 Å². The molecule has 0 atom stereocenters. The quantitative estimate of drug-likeness (QED) is 0.813. The van der Waals surface area contributed by atoms with E-state index in [4.69, 9.17) is 10.3 Å². The lowest BCUT2D eigenvalue weighted by molar-refractivity contribution is 0.305. The Bertz CT molecular complexity index is 506. The van der Waals surface area contributed by atoms with E-state index in [9.17, 15) is 0 Å². The van der Waals surface area contributed by atoms with E-state index < -0.39 is 0 Å². The van der Waals surface area contributed by atoms with Crippen LogP contribution in [-0.4, -0.2) is 4.74 Å². The molecule has 0 bridgehead atoms. The fourth-order valence-electron chi connectivity index (χ4n) is 1.46. The number of nitrogens with two attached hydrogens (primary N) is 1. The largest absolute Gasteiger partial charge is 0.398 e. The maximum absolute atomic E-state index is 5.84. The van der Waals surface area contributed by atoms with Crippen molar-refractivity contribution < 1.29 is 5.95 Å². The van der Waals surface area contributed by atoms with Crippen LogP contribution in [0.5, 0.6) is 0 Å². The average molecular weight is 236 g/mol. The van der Waals surface area contributed by atoms with E-state index in [1.807, 2.05) is 38.2 Å². The van der Waals surface area contributed by atoms with Gasteiger partial charge in [0.2, 0.25) is 0 Å². The Balaban J connectivity index is 0.000000512. The van der Waals surface area contributed by atoms with Crippen molar-refractivity contribution in [3.8, 4) is 0 Å². The Morgan fingerprint density at radius 2 is 2.00 bits per heavy atom. The first-order valence-electron chi connectivity index (χ1n) is 5.94. The van der Waals surface area contributed by atoms with E-state index in [0.717, 1.165) is 28.3 Å². The first kappa shape index (κ1) is 13.4. The molecule has 2 aromatic rings. The molecule has 0 saturated heterocycles. The summed E-state index contributed by atoms with van der Waals surface area (Å²) < 4.78 is 6.99. The maximum Gasteiger partial charge on any atom is 0.182 e. The zero-order chi connectivity index (χ0) is 13.0. The van der Waals surface area contributed by atoms with Gasteiger partial charge in [-0.25, -0.2) is 4.74 Å². The van der Waals surface area contributed by atoms with Gasteiger partial charge in [-0.15, -0.1) is 0 Å². The highest BCUT2D eigenvalue weighted by Gasteiger charge is 2.10. The molecule has 0 unspecified atom stereocenters. The third-order valence-electron chi connectivity index (χ3n) is 2.17. The molecule has 2 N–H and O–H groups in total. The Morgan fingerprint density at radius 1 is 1.41 bits per heavy atom. The van der Waals surface area contributed by atoms with Crippen molar-refractivity contribution in [2.24, 2.45) is 18.7 Å². The van der Waals surface area contributed by atoms with Crippen molar-refractivity contribution in [1.29, 1.82) is 0 Å². The zero-order valence-corrected chi connectivity index (χ0v) is 11.3. The van der Waals surface area contributed by atoms with Gasteiger partial charge in [0.1, 0.15) is 5.52 Å². The number of hydrogen-bond donors (Lipinski definition) is 1. The molecule has 17 heavy (non-hydrogen) atoms. The summed E-state index contributed by atoms with van der Waals surface area (Å²) in [5.41, 5.74) is 9.62. The van der Waals surface area contributed by atoms with Crippen LogP contribution in [0.2, 0.25) is 0 Å². The number of benzene rings is 1. The molecule has 3 nitrogen and oxygen atoms in total. The first-order chi connectivity index (χ1) is 7.97. The van der Waals surface area contributed by atoms with Crippen LogP contribution in [0.15, 0.2) is 28.8 Å². The highest BCUT2D eigenvalue weighted by molar-refractivity contribution is 5.88. The van der Waals surface area contributed by atoms with Crippen LogP contribution in [-0.2, 0) is 7.05 Å². The van der Waals surface area contributed by atoms with Crippen LogP contribution in [0.4, 0.5) is 0 Å². The fraction of sp³-hybridized carbons (Fsp3) is 0.429. The molecule has 1 heterocycles. The highest BCUT2D eigenvalue weighted by atomic mass is 16.5. The highest BCUT2D eigenvalue weighted by Crippen LogP contribution is 2.24. The average Bonchev–Trinajstić information content (AvgIpc) is 2.25. The Kier molecular flexibility index (Phi) is 4.44. The molecule has 0 aliphatic rings. The second kappa shape index (κ2) is 5.62. The Labute approximate surface area is 104 Å². The lowest BCUT2D eigenvalue weighted by atomic mass is 10.1. The van der Waals surface area contributed by atoms with E-state index in [-0.39, 0.29) is 1.43 Å². The summed E-state index contributed by atoms with van der Waals surface area (Å²) in [5, 5.41) is 0. The van der Waals surface area contributed by atoms with Crippen LogP contribution in [0.25, 0.3) is 16.8 Å². The summed E-state index contributed by atoms with van der Waals surface area (Å²) in [6.07, 6.45) is 1.89. The molecule has 1 aromatic carbocycles. The SMILES string of the molecule is C/C=C(\N)c1cccc2on(C)c12.CC(C)C.[HH]. The van der Waals surface area contributed by atoms with Gasteiger partial charge in [0.25, 0.3) is 0 Å². The molecule has 0 amide bonds. The first-order valence-corrected chi connectivity index (χ1v) is 5.94. The molecule has 2 rings (SSSR count). The molecule has 0 saturated carbocycles. The van der Waals surface area contributed by atoms with Gasteiger partial charge >= 0.3 is 0 Å². The molecule has 3 heteroatoms. The van der Waals surface area contributed by atoms with Crippen LogP contribution < -0.4 is 5.73 Å². The summed E-state index contributed by atoms with van der Waals surface area (Å²) >= 11 is 0. The topological polar surface area (TPSA) is 44.1 Å². The normalized spacial score (nSPS) is 11.8. The predicted molar refractivity (Wildman–Crippen MR) is 75.6 cm³/mol. The van der Waals surface area contributed by atoms with Crippen molar-refractivity contribution in [2.45, 2.75) is 27.7 Å². The molecule has 0 spiro atoms. The summed E-state index contributed by atoms with van der Waals surface area (Å²) in [5.74, 6) is 0.833. The molecule has 0 aliphatic heterocycles. The number of aryl methyl sites for hydroxylation is 1. The number of aromatic nitrogens is 1. The Morgan fingerprint density at radius 3 is 2.47 bits per heavy atom. The molecule has 0 aliphatic carbocycles. The number of fused-ring (bicyclic) bond motifs is 1.